The maximum Gasteiger partial charge on any atom is 0.471 e. The summed E-state index contributed by atoms with van der Waals surface area (Å²) in [6, 6.07) is 5.54. The Morgan fingerprint density at radius 1 is 0.944 bits per heavy atom. The third kappa shape index (κ3) is 12.1. The third-order valence-corrected chi connectivity index (χ3v) is 3.62. The molecule has 0 aliphatic carbocycles. The highest BCUT2D eigenvalue weighted by molar-refractivity contribution is 5.93. The predicted octanol–water partition coefficient (Wildman–Crippen LogP) is 3.29. The Labute approximate surface area is 200 Å². The SMILES string of the molecule is CC(C)(C)OC(=O)N/C(=C\C(F)(F)F)C(=O)OC[C@H](NC(=O)C(F)(F)F)C(=O)OCc1ccccc1. The Morgan fingerprint density at radius 3 is 2.03 bits per heavy atom. The number of ether oxygens (including phenoxy) is 3. The van der Waals surface area contributed by atoms with Crippen molar-refractivity contribution in [1.82, 2.24) is 10.6 Å². The van der Waals surface area contributed by atoms with Crippen LogP contribution in [0.15, 0.2) is 42.1 Å². The fourth-order valence-electron chi connectivity index (χ4n) is 2.20. The van der Waals surface area contributed by atoms with Crippen LogP contribution in [0.3, 0.4) is 0 Å². The smallest absolute Gasteiger partial charge is 0.459 e. The van der Waals surface area contributed by atoms with E-state index >= 15 is 0 Å². The summed E-state index contributed by atoms with van der Waals surface area (Å²) in [6.45, 7) is 2.35. The first kappa shape index (κ1) is 30.3. The number of benzene rings is 1. The minimum Gasteiger partial charge on any atom is -0.459 e. The number of nitrogens with one attached hydrogen (secondary N) is 2. The van der Waals surface area contributed by atoms with Gasteiger partial charge in [-0.1, -0.05) is 30.3 Å². The molecule has 0 saturated carbocycles. The standard InChI is InChI=1S/C21H22F6N2O7/c1-19(2,3)36-18(33)29-13(9-20(22,23)24)15(30)35-11-14(28-17(32)21(25,26)27)16(31)34-10-12-7-5-4-6-8-12/h4-9,14H,10-11H2,1-3H3,(H,28,32)(H,29,33)/b13-9-/t14-/m0/s1. The molecule has 200 valence electrons. The lowest BCUT2D eigenvalue weighted by Crippen LogP contribution is -2.50. The van der Waals surface area contributed by atoms with E-state index in [0.717, 1.165) is 0 Å². The summed E-state index contributed by atoms with van der Waals surface area (Å²) in [6.07, 6.45) is -12.7. The summed E-state index contributed by atoms with van der Waals surface area (Å²) in [5, 5.41) is 2.75. The normalized spacial score (nSPS) is 13.3. The van der Waals surface area contributed by atoms with Crippen molar-refractivity contribution in [3.63, 3.8) is 0 Å². The molecule has 36 heavy (non-hydrogen) atoms. The van der Waals surface area contributed by atoms with E-state index < -0.39 is 72.9 Å². The second-order valence-electron chi connectivity index (χ2n) is 7.94. The fraction of sp³-hybridized carbons (Fsp3) is 0.429. The summed E-state index contributed by atoms with van der Waals surface area (Å²) in [5.74, 6) is -5.97. The van der Waals surface area contributed by atoms with Crippen molar-refractivity contribution >= 4 is 23.9 Å². The van der Waals surface area contributed by atoms with Crippen LogP contribution < -0.4 is 10.6 Å². The van der Waals surface area contributed by atoms with Crippen molar-refractivity contribution in [2.75, 3.05) is 6.61 Å². The van der Waals surface area contributed by atoms with E-state index in [0.29, 0.717) is 5.56 Å². The maximum absolute atomic E-state index is 12.8. The molecule has 0 aliphatic heterocycles. The van der Waals surface area contributed by atoms with Gasteiger partial charge in [0.1, 0.15) is 24.5 Å². The Balaban J connectivity index is 3.01. The van der Waals surface area contributed by atoms with Crippen LogP contribution >= 0.6 is 0 Å². The summed E-state index contributed by atoms with van der Waals surface area (Å²) in [7, 11) is 0. The van der Waals surface area contributed by atoms with Gasteiger partial charge in [0.25, 0.3) is 0 Å². The van der Waals surface area contributed by atoms with E-state index in [4.69, 9.17) is 9.47 Å². The number of carbonyl (C=O) groups is 4. The van der Waals surface area contributed by atoms with Gasteiger partial charge in [0.05, 0.1) is 6.08 Å². The van der Waals surface area contributed by atoms with E-state index in [9.17, 15) is 45.5 Å². The van der Waals surface area contributed by atoms with Crippen molar-refractivity contribution in [1.29, 1.82) is 0 Å². The Bertz CT molecular complexity index is 970. The molecule has 0 saturated heterocycles. The first-order valence-corrected chi connectivity index (χ1v) is 9.92. The number of carbonyl (C=O) groups excluding carboxylic acids is 4. The van der Waals surface area contributed by atoms with Crippen LogP contribution in [-0.2, 0) is 35.2 Å². The number of halogens is 6. The molecule has 0 aliphatic rings. The van der Waals surface area contributed by atoms with Crippen LogP contribution in [0.1, 0.15) is 26.3 Å². The molecular formula is C21H22F6N2O7. The van der Waals surface area contributed by atoms with E-state index in [2.05, 4.69) is 4.74 Å². The average molecular weight is 528 g/mol. The first-order chi connectivity index (χ1) is 16.4. The van der Waals surface area contributed by atoms with Gasteiger partial charge in [0.2, 0.25) is 0 Å². The summed E-state index contributed by atoms with van der Waals surface area (Å²) in [5.41, 5.74) is -2.23. The highest BCUT2D eigenvalue weighted by Gasteiger charge is 2.41. The third-order valence-electron chi connectivity index (χ3n) is 3.62. The molecule has 0 radical (unpaired) electrons. The van der Waals surface area contributed by atoms with Gasteiger partial charge in [-0.15, -0.1) is 0 Å². The molecule has 0 fully saturated rings. The molecule has 0 heterocycles. The summed E-state index contributed by atoms with van der Waals surface area (Å²) >= 11 is 0. The quantitative estimate of drug-likeness (QED) is 0.230. The van der Waals surface area contributed by atoms with Gasteiger partial charge in [0.15, 0.2) is 6.04 Å². The Hall–Kier alpha value is -3.78. The number of rotatable bonds is 8. The van der Waals surface area contributed by atoms with Gasteiger partial charge >= 0.3 is 36.3 Å². The molecular weight excluding hydrogens is 506 g/mol. The lowest BCUT2D eigenvalue weighted by Gasteiger charge is -2.21. The van der Waals surface area contributed by atoms with Crippen LogP contribution in [0, 0.1) is 0 Å². The van der Waals surface area contributed by atoms with E-state index in [-0.39, 0.29) is 0 Å². The predicted molar refractivity (Wildman–Crippen MR) is 109 cm³/mol. The summed E-state index contributed by atoms with van der Waals surface area (Å²) in [4.78, 5) is 47.5. The van der Waals surface area contributed by atoms with Crippen molar-refractivity contribution < 1.29 is 59.7 Å². The van der Waals surface area contributed by atoms with Crippen molar-refractivity contribution in [2.24, 2.45) is 0 Å². The van der Waals surface area contributed by atoms with Crippen LogP contribution in [0.2, 0.25) is 0 Å². The molecule has 0 aromatic heterocycles. The summed E-state index contributed by atoms with van der Waals surface area (Å²) < 4.78 is 90.4. The van der Waals surface area contributed by atoms with E-state index in [1.165, 1.54) is 43.5 Å². The molecule has 1 atom stereocenters. The van der Waals surface area contributed by atoms with Crippen molar-refractivity contribution in [2.45, 2.75) is 51.4 Å². The highest BCUT2D eigenvalue weighted by Crippen LogP contribution is 2.19. The minimum atomic E-state index is -5.44. The van der Waals surface area contributed by atoms with Gasteiger partial charge < -0.3 is 19.5 Å². The molecule has 9 nitrogen and oxygen atoms in total. The zero-order chi connectivity index (χ0) is 27.7. The average Bonchev–Trinajstić information content (AvgIpc) is 2.71. The van der Waals surface area contributed by atoms with Gasteiger partial charge in [0, 0.05) is 0 Å². The number of alkyl carbamates (subject to hydrolysis) is 1. The van der Waals surface area contributed by atoms with Crippen molar-refractivity contribution in [3.8, 4) is 0 Å². The van der Waals surface area contributed by atoms with Crippen LogP contribution in [0.25, 0.3) is 0 Å². The minimum absolute atomic E-state index is 0.417. The molecule has 2 amide bonds. The fourth-order valence-corrected chi connectivity index (χ4v) is 2.20. The molecule has 1 rings (SSSR count). The van der Waals surface area contributed by atoms with Crippen molar-refractivity contribution in [3.05, 3.63) is 47.7 Å². The van der Waals surface area contributed by atoms with Gasteiger partial charge in [-0.25, -0.2) is 14.4 Å². The molecule has 0 bridgehead atoms. The number of esters is 2. The lowest BCUT2D eigenvalue weighted by molar-refractivity contribution is -0.177. The second kappa shape index (κ2) is 12.3. The number of allylic oxidation sites excluding steroid dienone is 1. The number of hydrogen-bond donors (Lipinski definition) is 2. The molecule has 15 heteroatoms. The highest BCUT2D eigenvalue weighted by atomic mass is 19.4. The van der Waals surface area contributed by atoms with Crippen LogP contribution in [-0.4, -0.2) is 54.5 Å². The van der Waals surface area contributed by atoms with Gasteiger partial charge in [-0.2, -0.15) is 26.3 Å². The largest absolute Gasteiger partial charge is 0.471 e. The van der Waals surface area contributed by atoms with Crippen LogP contribution in [0.4, 0.5) is 31.1 Å². The lowest BCUT2D eigenvalue weighted by atomic mass is 10.2. The van der Waals surface area contributed by atoms with E-state index in [1.807, 2.05) is 0 Å². The zero-order valence-electron chi connectivity index (χ0n) is 19.1. The van der Waals surface area contributed by atoms with Crippen LogP contribution in [0.5, 0.6) is 0 Å². The Kier molecular flexibility index (Phi) is 10.3. The Morgan fingerprint density at radius 2 is 1.53 bits per heavy atom. The molecule has 0 unspecified atom stereocenters. The first-order valence-electron chi connectivity index (χ1n) is 9.92. The molecule has 1 aromatic carbocycles. The second-order valence-corrected chi connectivity index (χ2v) is 7.94. The number of alkyl halides is 6. The molecule has 2 N–H and O–H groups in total. The zero-order valence-corrected chi connectivity index (χ0v) is 19.1. The van der Waals surface area contributed by atoms with Gasteiger partial charge in [-0.05, 0) is 26.3 Å². The monoisotopic (exact) mass is 528 g/mol. The number of amides is 2. The van der Waals surface area contributed by atoms with E-state index in [1.54, 1.807) is 18.2 Å². The molecule has 1 aromatic rings. The topological polar surface area (TPSA) is 120 Å². The van der Waals surface area contributed by atoms with Gasteiger partial charge in [-0.3, -0.25) is 10.1 Å². The molecule has 0 spiro atoms. The maximum atomic E-state index is 12.8. The number of hydrogen-bond acceptors (Lipinski definition) is 7.